The van der Waals surface area contributed by atoms with Crippen molar-refractivity contribution in [2.75, 3.05) is 19.7 Å². The van der Waals surface area contributed by atoms with Gasteiger partial charge in [-0.2, -0.15) is 0 Å². The second-order valence-electron chi connectivity index (χ2n) is 5.47. The minimum Gasteiger partial charge on any atom is -0.394 e. The average molecular weight is 318 g/mol. The number of aliphatic hydroxyl groups excluding tert-OH is 1. The fourth-order valence-electron chi connectivity index (χ4n) is 2.38. The molecule has 6 heteroatoms. The van der Waals surface area contributed by atoms with Crippen molar-refractivity contribution in [2.24, 2.45) is 0 Å². The number of aliphatic hydroxyl groups is 1. The molecular weight excluding hydrogens is 301 g/mol. The van der Waals surface area contributed by atoms with E-state index in [0.29, 0.717) is 23.7 Å². The zero-order chi connectivity index (χ0) is 14.9. The van der Waals surface area contributed by atoms with Crippen molar-refractivity contribution in [3.8, 4) is 0 Å². The van der Waals surface area contributed by atoms with Gasteiger partial charge in [-0.15, -0.1) is 0 Å². The lowest BCUT2D eigenvalue weighted by Gasteiger charge is -2.42. The highest BCUT2D eigenvalue weighted by molar-refractivity contribution is 6.43. The van der Waals surface area contributed by atoms with E-state index in [1.165, 1.54) is 0 Å². The Kier molecular flexibility index (Phi) is 4.59. The van der Waals surface area contributed by atoms with Gasteiger partial charge in [-0.1, -0.05) is 29.3 Å². The van der Waals surface area contributed by atoms with Crippen LogP contribution in [0.4, 0.5) is 0 Å². The fraction of sp³-hybridized carbons (Fsp3) is 0.500. The zero-order valence-electron chi connectivity index (χ0n) is 11.4. The summed E-state index contributed by atoms with van der Waals surface area (Å²) >= 11 is 12.0. The summed E-state index contributed by atoms with van der Waals surface area (Å²) < 4.78 is 5.69. The SMILES string of the molecule is CC1(C)CN(C(=O)c2cccc(Cl)c2Cl)CC(CO)O1. The summed E-state index contributed by atoms with van der Waals surface area (Å²) in [5.74, 6) is -0.202. The van der Waals surface area contributed by atoms with Gasteiger partial charge >= 0.3 is 0 Å². The van der Waals surface area contributed by atoms with Crippen LogP contribution in [0.5, 0.6) is 0 Å². The molecule has 1 N–H and O–H groups in total. The van der Waals surface area contributed by atoms with Crippen LogP contribution in [0.3, 0.4) is 0 Å². The number of halogens is 2. The van der Waals surface area contributed by atoms with Crippen molar-refractivity contribution in [3.05, 3.63) is 33.8 Å². The highest BCUT2D eigenvalue weighted by Gasteiger charge is 2.36. The molecule has 1 aliphatic rings. The van der Waals surface area contributed by atoms with E-state index < -0.39 is 5.60 Å². The lowest BCUT2D eigenvalue weighted by Crippen LogP contribution is -2.55. The van der Waals surface area contributed by atoms with Gasteiger partial charge in [0.05, 0.1) is 33.9 Å². The van der Waals surface area contributed by atoms with Crippen LogP contribution in [-0.4, -0.2) is 47.3 Å². The topological polar surface area (TPSA) is 49.8 Å². The summed E-state index contributed by atoms with van der Waals surface area (Å²) in [4.78, 5) is 14.2. The molecule has 1 atom stereocenters. The Morgan fingerprint density at radius 2 is 2.20 bits per heavy atom. The van der Waals surface area contributed by atoms with Gasteiger partial charge < -0.3 is 14.7 Å². The maximum atomic E-state index is 12.6. The van der Waals surface area contributed by atoms with Crippen LogP contribution in [0.25, 0.3) is 0 Å². The molecule has 1 heterocycles. The standard InChI is InChI=1S/C14H17Cl2NO3/c1-14(2)8-17(6-9(7-18)20-14)13(19)10-4-3-5-11(15)12(10)16/h3-5,9,18H,6-8H2,1-2H3. The molecule has 0 spiro atoms. The van der Waals surface area contributed by atoms with Crippen molar-refractivity contribution >= 4 is 29.1 Å². The second-order valence-corrected chi connectivity index (χ2v) is 6.25. The van der Waals surface area contributed by atoms with Gasteiger partial charge in [-0.05, 0) is 26.0 Å². The summed E-state index contributed by atoms with van der Waals surface area (Å²) in [6.45, 7) is 4.41. The van der Waals surface area contributed by atoms with E-state index in [-0.39, 0.29) is 23.6 Å². The molecule has 110 valence electrons. The molecule has 0 bridgehead atoms. The molecule has 2 rings (SSSR count). The lowest BCUT2D eigenvalue weighted by atomic mass is 10.0. The number of benzene rings is 1. The van der Waals surface area contributed by atoms with Gasteiger partial charge in [0.1, 0.15) is 0 Å². The van der Waals surface area contributed by atoms with Gasteiger partial charge in [0, 0.05) is 13.1 Å². The molecule has 20 heavy (non-hydrogen) atoms. The summed E-state index contributed by atoms with van der Waals surface area (Å²) in [7, 11) is 0. The van der Waals surface area contributed by atoms with Crippen molar-refractivity contribution < 1.29 is 14.6 Å². The normalized spacial score (nSPS) is 21.9. The Hall–Kier alpha value is -0.810. The molecule has 0 radical (unpaired) electrons. The van der Waals surface area contributed by atoms with E-state index in [4.69, 9.17) is 27.9 Å². The predicted octanol–water partition coefficient (Wildman–Crippen LogP) is 2.61. The van der Waals surface area contributed by atoms with Crippen LogP contribution in [0.1, 0.15) is 24.2 Å². The molecule has 1 unspecified atom stereocenters. The number of carbonyl (C=O) groups is 1. The van der Waals surface area contributed by atoms with Gasteiger partial charge in [0.15, 0.2) is 0 Å². The molecule has 1 aromatic rings. The second kappa shape index (κ2) is 5.90. The average Bonchev–Trinajstić information content (AvgIpc) is 2.39. The van der Waals surface area contributed by atoms with Gasteiger partial charge in [-0.3, -0.25) is 4.79 Å². The summed E-state index contributed by atoms with van der Waals surface area (Å²) in [6, 6.07) is 4.98. The lowest BCUT2D eigenvalue weighted by molar-refractivity contribution is -0.139. The first-order valence-corrected chi connectivity index (χ1v) is 7.11. The zero-order valence-corrected chi connectivity index (χ0v) is 12.9. The van der Waals surface area contributed by atoms with Crippen molar-refractivity contribution in [3.63, 3.8) is 0 Å². The van der Waals surface area contributed by atoms with Crippen LogP contribution in [0.2, 0.25) is 10.0 Å². The van der Waals surface area contributed by atoms with Crippen LogP contribution in [0, 0.1) is 0 Å². The van der Waals surface area contributed by atoms with E-state index in [1.54, 1.807) is 23.1 Å². The summed E-state index contributed by atoms with van der Waals surface area (Å²) in [5, 5.41) is 9.89. The largest absolute Gasteiger partial charge is 0.394 e. The van der Waals surface area contributed by atoms with Crippen molar-refractivity contribution in [1.29, 1.82) is 0 Å². The Balaban J connectivity index is 2.26. The Labute approximate surface area is 128 Å². The fourth-order valence-corrected chi connectivity index (χ4v) is 2.77. The number of hydrogen-bond donors (Lipinski definition) is 1. The van der Waals surface area contributed by atoms with E-state index in [0.717, 1.165) is 0 Å². The molecule has 1 amide bonds. The number of amides is 1. The Bertz CT molecular complexity index is 519. The van der Waals surface area contributed by atoms with Gasteiger partial charge in [0.25, 0.3) is 5.91 Å². The van der Waals surface area contributed by atoms with E-state index in [1.807, 2.05) is 13.8 Å². The molecule has 1 fully saturated rings. The number of ether oxygens (including phenoxy) is 1. The van der Waals surface area contributed by atoms with Crippen molar-refractivity contribution in [2.45, 2.75) is 25.6 Å². The predicted molar refractivity (Wildman–Crippen MR) is 78.4 cm³/mol. The van der Waals surface area contributed by atoms with Gasteiger partial charge in [-0.25, -0.2) is 0 Å². The first-order valence-electron chi connectivity index (χ1n) is 6.36. The van der Waals surface area contributed by atoms with Crippen LogP contribution in [-0.2, 0) is 4.74 Å². The van der Waals surface area contributed by atoms with Crippen molar-refractivity contribution in [1.82, 2.24) is 4.90 Å². The summed E-state index contributed by atoms with van der Waals surface area (Å²) in [6.07, 6.45) is -0.388. The smallest absolute Gasteiger partial charge is 0.255 e. The Morgan fingerprint density at radius 1 is 1.50 bits per heavy atom. The first-order chi connectivity index (χ1) is 9.34. The maximum Gasteiger partial charge on any atom is 0.255 e. The van der Waals surface area contributed by atoms with Crippen LogP contribution < -0.4 is 0 Å². The minimum absolute atomic E-state index is 0.128. The molecule has 0 aromatic heterocycles. The number of nitrogens with zero attached hydrogens (tertiary/aromatic N) is 1. The highest BCUT2D eigenvalue weighted by Crippen LogP contribution is 2.28. The molecule has 1 saturated heterocycles. The quantitative estimate of drug-likeness (QED) is 0.912. The third-order valence-corrected chi connectivity index (χ3v) is 3.97. The number of morpholine rings is 1. The van der Waals surface area contributed by atoms with Crippen LogP contribution >= 0.6 is 23.2 Å². The van der Waals surface area contributed by atoms with Gasteiger partial charge in [0.2, 0.25) is 0 Å². The van der Waals surface area contributed by atoms with E-state index in [2.05, 4.69) is 0 Å². The number of carbonyl (C=O) groups excluding carboxylic acids is 1. The molecule has 4 nitrogen and oxygen atoms in total. The Morgan fingerprint density at radius 3 is 2.85 bits per heavy atom. The minimum atomic E-state index is -0.508. The molecule has 1 aromatic carbocycles. The molecule has 0 aliphatic carbocycles. The van der Waals surface area contributed by atoms with E-state index >= 15 is 0 Å². The molecular formula is C14H17Cl2NO3. The van der Waals surface area contributed by atoms with E-state index in [9.17, 15) is 9.90 Å². The maximum absolute atomic E-state index is 12.6. The third kappa shape index (κ3) is 3.26. The molecule has 1 aliphatic heterocycles. The van der Waals surface area contributed by atoms with Crippen LogP contribution in [0.15, 0.2) is 18.2 Å². The molecule has 0 saturated carbocycles. The summed E-state index contributed by atoms with van der Waals surface area (Å²) in [5.41, 5.74) is -0.139. The number of hydrogen-bond acceptors (Lipinski definition) is 3. The first kappa shape index (κ1) is 15.6. The monoisotopic (exact) mass is 317 g/mol. The highest BCUT2D eigenvalue weighted by atomic mass is 35.5. The third-order valence-electron chi connectivity index (χ3n) is 3.15. The number of rotatable bonds is 2.